The van der Waals surface area contributed by atoms with E-state index >= 15 is 0 Å². The Morgan fingerprint density at radius 3 is 2.84 bits per heavy atom. The molecule has 0 saturated carbocycles. The first-order valence-corrected chi connectivity index (χ1v) is 5.96. The molecule has 0 saturated heterocycles. The molecule has 0 radical (unpaired) electrons. The molecule has 0 aliphatic rings. The highest BCUT2D eigenvalue weighted by atomic mass is 14.9. The monoisotopic (exact) mass is 251 g/mol. The number of pyridine rings is 1. The molecular formula is C14H13N5. The molecule has 2 heterocycles. The van der Waals surface area contributed by atoms with Gasteiger partial charge in [0.05, 0.1) is 23.4 Å². The van der Waals surface area contributed by atoms with Crippen molar-refractivity contribution in [3.05, 3.63) is 54.7 Å². The molecule has 0 aliphatic heterocycles. The minimum absolute atomic E-state index is 0.623. The van der Waals surface area contributed by atoms with Gasteiger partial charge in [-0.3, -0.25) is 4.98 Å². The molecule has 0 unspecified atom stereocenters. The van der Waals surface area contributed by atoms with Gasteiger partial charge in [0.25, 0.3) is 0 Å². The van der Waals surface area contributed by atoms with Crippen LogP contribution >= 0.6 is 0 Å². The average molecular weight is 251 g/mol. The topological polar surface area (TPSA) is 76.7 Å². The van der Waals surface area contributed by atoms with Crippen molar-refractivity contribution in [2.45, 2.75) is 6.54 Å². The maximum Gasteiger partial charge on any atom is 0.115 e. The van der Waals surface area contributed by atoms with Crippen molar-refractivity contribution in [1.82, 2.24) is 15.0 Å². The Labute approximate surface area is 110 Å². The molecule has 94 valence electrons. The summed E-state index contributed by atoms with van der Waals surface area (Å²) in [6.07, 6.45) is 5.03. The number of rotatable bonds is 3. The number of hydrogen-bond donors (Lipinski definition) is 2. The van der Waals surface area contributed by atoms with E-state index in [-0.39, 0.29) is 0 Å². The van der Waals surface area contributed by atoms with E-state index in [9.17, 15) is 0 Å². The first kappa shape index (κ1) is 11.4. The Morgan fingerprint density at radius 2 is 2.00 bits per heavy atom. The lowest BCUT2D eigenvalue weighted by Gasteiger charge is -2.10. The van der Waals surface area contributed by atoms with Crippen LogP contribution < -0.4 is 11.1 Å². The Kier molecular flexibility index (Phi) is 2.94. The van der Waals surface area contributed by atoms with Crippen molar-refractivity contribution in [2.24, 2.45) is 0 Å². The molecule has 2 aromatic heterocycles. The number of hydrogen-bond acceptors (Lipinski definition) is 5. The lowest BCUT2D eigenvalue weighted by atomic mass is 10.1. The summed E-state index contributed by atoms with van der Waals surface area (Å²) in [7, 11) is 0. The number of aromatic nitrogens is 3. The van der Waals surface area contributed by atoms with Crippen molar-refractivity contribution in [3.8, 4) is 0 Å². The van der Waals surface area contributed by atoms with Gasteiger partial charge in [0, 0.05) is 23.5 Å². The van der Waals surface area contributed by atoms with Gasteiger partial charge in [-0.2, -0.15) is 0 Å². The molecular weight excluding hydrogens is 238 g/mol. The molecule has 3 N–H and O–H groups in total. The fourth-order valence-corrected chi connectivity index (χ4v) is 1.95. The maximum absolute atomic E-state index is 5.94. The number of nitrogens with two attached hydrogens (primary N) is 1. The molecule has 5 nitrogen and oxygen atoms in total. The number of fused-ring (bicyclic) bond motifs is 1. The molecule has 3 aromatic rings. The Balaban J connectivity index is 1.91. The average Bonchev–Trinajstić information content (AvgIpc) is 2.48. The van der Waals surface area contributed by atoms with Crippen LogP contribution in [-0.4, -0.2) is 15.0 Å². The SMILES string of the molecule is Nc1ccc(NCc2ccncn2)c2ncccc12. The molecule has 5 heteroatoms. The van der Waals surface area contributed by atoms with Gasteiger partial charge in [-0.15, -0.1) is 0 Å². The van der Waals surface area contributed by atoms with Gasteiger partial charge in [0.2, 0.25) is 0 Å². The molecule has 19 heavy (non-hydrogen) atoms. The quantitative estimate of drug-likeness (QED) is 0.698. The van der Waals surface area contributed by atoms with E-state index in [1.165, 1.54) is 6.33 Å². The third-order valence-electron chi connectivity index (χ3n) is 2.91. The summed E-state index contributed by atoms with van der Waals surface area (Å²) in [4.78, 5) is 12.4. The molecule has 0 bridgehead atoms. The Bertz CT molecular complexity index is 697. The van der Waals surface area contributed by atoms with Crippen molar-refractivity contribution in [2.75, 3.05) is 11.1 Å². The van der Waals surface area contributed by atoms with Crippen LogP contribution in [0.25, 0.3) is 10.9 Å². The minimum Gasteiger partial charge on any atom is -0.398 e. The van der Waals surface area contributed by atoms with Gasteiger partial charge >= 0.3 is 0 Å². The summed E-state index contributed by atoms with van der Waals surface area (Å²) in [5.74, 6) is 0. The number of nitrogens with zero attached hydrogens (tertiary/aromatic N) is 3. The summed E-state index contributed by atoms with van der Waals surface area (Å²) in [6.45, 7) is 0.623. The predicted octanol–water partition coefficient (Wildman–Crippen LogP) is 2.22. The lowest BCUT2D eigenvalue weighted by Crippen LogP contribution is -2.03. The van der Waals surface area contributed by atoms with Gasteiger partial charge in [0.15, 0.2) is 0 Å². The van der Waals surface area contributed by atoms with Gasteiger partial charge in [-0.05, 0) is 30.3 Å². The zero-order valence-corrected chi connectivity index (χ0v) is 10.2. The summed E-state index contributed by atoms with van der Waals surface area (Å²) in [5, 5.41) is 4.28. The van der Waals surface area contributed by atoms with Crippen LogP contribution in [0.15, 0.2) is 49.1 Å². The summed E-state index contributed by atoms with van der Waals surface area (Å²) in [6, 6.07) is 9.54. The summed E-state index contributed by atoms with van der Waals surface area (Å²) in [5.41, 5.74) is 9.42. The number of nitrogens with one attached hydrogen (secondary N) is 1. The van der Waals surface area contributed by atoms with E-state index in [0.717, 1.165) is 28.0 Å². The van der Waals surface area contributed by atoms with Gasteiger partial charge in [-0.25, -0.2) is 9.97 Å². The Morgan fingerprint density at radius 1 is 1.05 bits per heavy atom. The van der Waals surface area contributed by atoms with E-state index in [2.05, 4.69) is 20.3 Å². The molecule has 0 fully saturated rings. The standard InChI is InChI=1S/C14H13N5/c15-12-3-4-13(14-11(12)2-1-6-17-14)18-8-10-5-7-16-9-19-10/h1-7,9,18H,8,15H2. The first-order valence-electron chi connectivity index (χ1n) is 5.96. The van der Waals surface area contributed by atoms with E-state index in [1.54, 1.807) is 12.4 Å². The highest BCUT2D eigenvalue weighted by molar-refractivity contribution is 5.98. The van der Waals surface area contributed by atoms with Crippen LogP contribution in [-0.2, 0) is 6.54 Å². The second kappa shape index (κ2) is 4.89. The molecule has 1 aromatic carbocycles. The third kappa shape index (κ3) is 2.30. The molecule has 0 atom stereocenters. The number of nitrogen functional groups attached to an aromatic ring is 1. The van der Waals surface area contributed by atoms with E-state index in [0.29, 0.717) is 6.54 Å². The van der Waals surface area contributed by atoms with Crippen molar-refractivity contribution >= 4 is 22.3 Å². The van der Waals surface area contributed by atoms with Crippen LogP contribution in [0.2, 0.25) is 0 Å². The van der Waals surface area contributed by atoms with Crippen LogP contribution in [0.5, 0.6) is 0 Å². The zero-order valence-electron chi connectivity index (χ0n) is 10.2. The van der Waals surface area contributed by atoms with Crippen molar-refractivity contribution < 1.29 is 0 Å². The molecule has 0 spiro atoms. The molecule has 3 rings (SSSR count). The van der Waals surface area contributed by atoms with Crippen LogP contribution in [0, 0.1) is 0 Å². The highest BCUT2D eigenvalue weighted by Gasteiger charge is 2.04. The first-order chi connectivity index (χ1) is 9.34. The smallest absolute Gasteiger partial charge is 0.115 e. The minimum atomic E-state index is 0.623. The van der Waals surface area contributed by atoms with Gasteiger partial charge in [0.1, 0.15) is 6.33 Å². The molecule has 0 amide bonds. The fraction of sp³-hybridized carbons (Fsp3) is 0.0714. The fourth-order valence-electron chi connectivity index (χ4n) is 1.95. The van der Waals surface area contributed by atoms with E-state index in [4.69, 9.17) is 5.73 Å². The normalized spacial score (nSPS) is 10.5. The second-order valence-electron chi connectivity index (χ2n) is 4.16. The van der Waals surface area contributed by atoms with Gasteiger partial charge < -0.3 is 11.1 Å². The Hall–Kier alpha value is -2.69. The summed E-state index contributed by atoms with van der Waals surface area (Å²) >= 11 is 0. The van der Waals surface area contributed by atoms with Crippen LogP contribution in [0.1, 0.15) is 5.69 Å². The zero-order chi connectivity index (χ0) is 13.1. The predicted molar refractivity (Wildman–Crippen MR) is 75.5 cm³/mol. The van der Waals surface area contributed by atoms with E-state index < -0.39 is 0 Å². The largest absolute Gasteiger partial charge is 0.398 e. The highest BCUT2D eigenvalue weighted by Crippen LogP contribution is 2.26. The number of benzene rings is 1. The van der Waals surface area contributed by atoms with Crippen molar-refractivity contribution in [3.63, 3.8) is 0 Å². The number of anilines is 2. The van der Waals surface area contributed by atoms with Gasteiger partial charge in [-0.1, -0.05) is 0 Å². The third-order valence-corrected chi connectivity index (χ3v) is 2.91. The van der Waals surface area contributed by atoms with Crippen LogP contribution in [0.3, 0.4) is 0 Å². The van der Waals surface area contributed by atoms with Crippen LogP contribution in [0.4, 0.5) is 11.4 Å². The lowest BCUT2D eigenvalue weighted by molar-refractivity contribution is 1.01. The van der Waals surface area contributed by atoms with E-state index in [1.807, 2.05) is 30.3 Å². The van der Waals surface area contributed by atoms with Crippen molar-refractivity contribution in [1.29, 1.82) is 0 Å². The summed E-state index contributed by atoms with van der Waals surface area (Å²) < 4.78 is 0. The second-order valence-corrected chi connectivity index (χ2v) is 4.16. The molecule has 0 aliphatic carbocycles. The maximum atomic E-state index is 5.94.